The second-order valence-electron chi connectivity index (χ2n) is 7.46. The lowest BCUT2D eigenvalue weighted by molar-refractivity contribution is -0.118. The zero-order valence-electron chi connectivity index (χ0n) is 18.0. The predicted molar refractivity (Wildman–Crippen MR) is 123 cm³/mol. The summed E-state index contributed by atoms with van der Waals surface area (Å²) >= 11 is 0. The van der Waals surface area contributed by atoms with E-state index in [0.717, 1.165) is 22.3 Å². The van der Waals surface area contributed by atoms with Gasteiger partial charge in [0.1, 0.15) is 5.75 Å². The summed E-state index contributed by atoms with van der Waals surface area (Å²) in [6.45, 7) is 7.67. The van der Waals surface area contributed by atoms with E-state index in [1.54, 1.807) is 24.3 Å². The van der Waals surface area contributed by atoms with Gasteiger partial charge < -0.3 is 10.1 Å². The maximum Gasteiger partial charge on any atom is 0.262 e. The van der Waals surface area contributed by atoms with Gasteiger partial charge in [0.25, 0.3) is 15.9 Å². The van der Waals surface area contributed by atoms with Gasteiger partial charge in [0, 0.05) is 11.4 Å². The van der Waals surface area contributed by atoms with Crippen LogP contribution in [0.5, 0.6) is 5.75 Å². The lowest BCUT2D eigenvalue weighted by atomic mass is 10.1. The van der Waals surface area contributed by atoms with E-state index in [1.807, 2.05) is 52.0 Å². The molecule has 0 saturated carbocycles. The molecule has 6 nitrogen and oxygen atoms in total. The molecule has 0 radical (unpaired) electrons. The molecule has 0 aromatic heterocycles. The Morgan fingerprint density at radius 1 is 0.839 bits per heavy atom. The number of benzene rings is 3. The maximum atomic E-state index is 12.6. The highest BCUT2D eigenvalue weighted by molar-refractivity contribution is 7.92. The third-order valence-electron chi connectivity index (χ3n) is 5.12. The van der Waals surface area contributed by atoms with Crippen molar-refractivity contribution >= 4 is 27.3 Å². The Hall–Kier alpha value is -3.32. The molecule has 0 fully saturated rings. The minimum atomic E-state index is -3.73. The Balaban J connectivity index is 1.61. The van der Waals surface area contributed by atoms with Crippen LogP contribution in [0.2, 0.25) is 0 Å². The molecule has 0 atom stereocenters. The zero-order valence-corrected chi connectivity index (χ0v) is 18.8. The Labute approximate surface area is 183 Å². The summed E-state index contributed by atoms with van der Waals surface area (Å²) in [5, 5.41) is 2.71. The highest BCUT2D eigenvalue weighted by atomic mass is 32.2. The maximum absolute atomic E-state index is 12.6. The number of aryl methyl sites for hydroxylation is 3. The predicted octanol–water partition coefficient (Wildman–Crippen LogP) is 4.74. The number of carbonyl (C=O) groups excluding carboxylic acids is 1. The van der Waals surface area contributed by atoms with Crippen molar-refractivity contribution in [1.29, 1.82) is 0 Å². The fraction of sp³-hybridized carbons (Fsp3) is 0.208. The van der Waals surface area contributed by atoms with Gasteiger partial charge in [-0.1, -0.05) is 18.2 Å². The summed E-state index contributed by atoms with van der Waals surface area (Å²) in [5.41, 5.74) is 5.15. The van der Waals surface area contributed by atoms with E-state index in [4.69, 9.17) is 4.74 Å². The lowest BCUT2D eigenvalue weighted by Crippen LogP contribution is -2.20. The number of hydrogen-bond acceptors (Lipinski definition) is 4. The third kappa shape index (κ3) is 5.64. The van der Waals surface area contributed by atoms with Crippen LogP contribution in [0.4, 0.5) is 11.4 Å². The molecule has 31 heavy (non-hydrogen) atoms. The molecule has 7 heteroatoms. The Morgan fingerprint density at radius 2 is 1.52 bits per heavy atom. The van der Waals surface area contributed by atoms with Gasteiger partial charge in [-0.2, -0.15) is 0 Å². The normalized spacial score (nSPS) is 11.1. The Bertz CT molecular complexity index is 1200. The molecule has 3 rings (SSSR count). The molecule has 0 bridgehead atoms. The highest BCUT2D eigenvalue weighted by Gasteiger charge is 2.15. The number of carbonyl (C=O) groups is 1. The van der Waals surface area contributed by atoms with E-state index in [9.17, 15) is 13.2 Å². The van der Waals surface area contributed by atoms with E-state index in [1.165, 1.54) is 12.1 Å². The molecule has 0 aliphatic heterocycles. The first-order chi connectivity index (χ1) is 14.7. The van der Waals surface area contributed by atoms with Gasteiger partial charge in [0.15, 0.2) is 6.61 Å². The van der Waals surface area contributed by atoms with Gasteiger partial charge in [-0.25, -0.2) is 8.42 Å². The van der Waals surface area contributed by atoms with Crippen LogP contribution in [0.15, 0.2) is 65.6 Å². The van der Waals surface area contributed by atoms with Crippen LogP contribution in [0.25, 0.3) is 0 Å². The Morgan fingerprint density at radius 3 is 2.19 bits per heavy atom. The van der Waals surface area contributed by atoms with Crippen LogP contribution in [0.1, 0.15) is 22.3 Å². The average Bonchev–Trinajstić information content (AvgIpc) is 2.72. The fourth-order valence-corrected chi connectivity index (χ4v) is 4.01. The van der Waals surface area contributed by atoms with Crippen LogP contribution >= 0.6 is 0 Å². The van der Waals surface area contributed by atoms with E-state index in [2.05, 4.69) is 10.0 Å². The smallest absolute Gasteiger partial charge is 0.262 e. The molecule has 3 aromatic rings. The first-order valence-corrected chi connectivity index (χ1v) is 11.3. The minimum Gasteiger partial charge on any atom is -0.483 e. The number of anilines is 2. The van der Waals surface area contributed by atoms with Crippen molar-refractivity contribution < 1.29 is 17.9 Å². The number of ether oxygens (including phenoxy) is 1. The summed E-state index contributed by atoms with van der Waals surface area (Å²) in [7, 11) is -3.73. The number of rotatable bonds is 7. The van der Waals surface area contributed by atoms with Gasteiger partial charge in [0.2, 0.25) is 0 Å². The van der Waals surface area contributed by atoms with Crippen molar-refractivity contribution in [2.45, 2.75) is 32.6 Å². The summed E-state index contributed by atoms with van der Waals surface area (Å²) in [4.78, 5) is 12.3. The topological polar surface area (TPSA) is 84.5 Å². The van der Waals surface area contributed by atoms with Crippen LogP contribution in [-0.2, 0) is 14.8 Å². The zero-order chi connectivity index (χ0) is 22.6. The number of sulfonamides is 1. The number of amides is 1. The van der Waals surface area contributed by atoms with Gasteiger partial charge in [-0.3, -0.25) is 9.52 Å². The van der Waals surface area contributed by atoms with Crippen molar-refractivity contribution in [3.05, 3.63) is 82.9 Å². The summed E-state index contributed by atoms with van der Waals surface area (Å²) in [5.74, 6) is 0.332. The molecule has 0 heterocycles. The van der Waals surface area contributed by atoms with Gasteiger partial charge in [-0.15, -0.1) is 0 Å². The first kappa shape index (κ1) is 22.4. The lowest BCUT2D eigenvalue weighted by Gasteiger charge is -2.12. The van der Waals surface area contributed by atoms with Crippen LogP contribution in [0, 0.1) is 27.7 Å². The molecule has 0 spiro atoms. The van der Waals surface area contributed by atoms with Gasteiger partial charge in [0.05, 0.1) is 4.90 Å². The molecule has 1 amide bonds. The fourth-order valence-electron chi connectivity index (χ4n) is 2.96. The molecule has 162 valence electrons. The quantitative estimate of drug-likeness (QED) is 0.558. The minimum absolute atomic E-state index is 0.107. The summed E-state index contributed by atoms with van der Waals surface area (Å²) in [6, 6.07) is 17.0. The second-order valence-corrected chi connectivity index (χ2v) is 9.15. The molecular weight excluding hydrogens is 412 g/mol. The van der Waals surface area contributed by atoms with E-state index >= 15 is 0 Å². The van der Waals surface area contributed by atoms with Crippen LogP contribution in [0.3, 0.4) is 0 Å². The molecule has 0 aliphatic carbocycles. The monoisotopic (exact) mass is 438 g/mol. The van der Waals surface area contributed by atoms with E-state index in [-0.39, 0.29) is 17.4 Å². The molecule has 0 unspecified atom stereocenters. The van der Waals surface area contributed by atoms with Gasteiger partial charge >= 0.3 is 0 Å². The average molecular weight is 439 g/mol. The Kier molecular flexibility index (Phi) is 6.65. The largest absolute Gasteiger partial charge is 0.483 e. The number of nitrogens with one attached hydrogen (secondary N) is 2. The van der Waals surface area contributed by atoms with Crippen molar-refractivity contribution in [3.63, 3.8) is 0 Å². The van der Waals surface area contributed by atoms with Crippen LogP contribution in [-0.4, -0.2) is 20.9 Å². The van der Waals surface area contributed by atoms with E-state index in [0.29, 0.717) is 17.1 Å². The van der Waals surface area contributed by atoms with Crippen molar-refractivity contribution in [3.8, 4) is 5.75 Å². The standard InChI is InChI=1S/C24H26N2O4S/c1-16-8-9-21(14-18(16)3)26-31(28,29)22-12-10-20(11-13-22)25-24(27)15-30-23-7-5-6-17(2)19(23)4/h5-14,26H,15H2,1-4H3,(H,25,27). The van der Waals surface area contributed by atoms with Gasteiger partial charge in [-0.05, 0) is 92.4 Å². The first-order valence-electron chi connectivity index (χ1n) is 9.85. The molecule has 0 saturated heterocycles. The summed E-state index contributed by atoms with van der Waals surface area (Å²) < 4.78 is 33.4. The second kappa shape index (κ2) is 9.22. The molecule has 3 aromatic carbocycles. The van der Waals surface area contributed by atoms with Crippen molar-refractivity contribution in [2.75, 3.05) is 16.6 Å². The molecular formula is C24H26N2O4S. The van der Waals surface area contributed by atoms with E-state index < -0.39 is 10.0 Å². The van der Waals surface area contributed by atoms with Crippen LogP contribution < -0.4 is 14.8 Å². The molecule has 2 N–H and O–H groups in total. The number of hydrogen-bond donors (Lipinski definition) is 2. The highest BCUT2D eigenvalue weighted by Crippen LogP contribution is 2.22. The molecule has 0 aliphatic rings. The summed E-state index contributed by atoms with van der Waals surface area (Å²) in [6.07, 6.45) is 0. The van der Waals surface area contributed by atoms with Crippen molar-refractivity contribution in [1.82, 2.24) is 0 Å². The third-order valence-corrected chi connectivity index (χ3v) is 6.52. The SMILES string of the molecule is Cc1ccc(NS(=O)(=O)c2ccc(NC(=O)COc3cccc(C)c3C)cc2)cc1C. The van der Waals surface area contributed by atoms with Crippen molar-refractivity contribution in [2.24, 2.45) is 0 Å².